The van der Waals surface area contributed by atoms with Crippen molar-refractivity contribution in [1.29, 1.82) is 0 Å². The summed E-state index contributed by atoms with van der Waals surface area (Å²) in [6.07, 6.45) is 0. The Kier molecular flexibility index (Phi) is 5.31. The van der Waals surface area contributed by atoms with E-state index in [4.69, 9.17) is 10.5 Å². The summed E-state index contributed by atoms with van der Waals surface area (Å²) in [5, 5.41) is 12.0. The van der Waals surface area contributed by atoms with Crippen molar-refractivity contribution in [2.45, 2.75) is 13.2 Å². The van der Waals surface area contributed by atoms with Gasteiger partial charge in [-0.3, -0.25) is 4.79 Å². The smallest absolute Gasteiger partial charge is 0.262 e. The first-order chi connectivity index (χ1) is 10.2. The van der Waals surface area contributed by atoms with E-state index in [1.165, 1.54) is 0 Å². The van der Waals surface area contributed by atoms with Crippen LogP contribution in [0, 0.1) is 0 Å². The Balaban J connectivity index is 1.96. The molecule has 0 spiro atoms. The van der Waals surface area contributed by atoms with E-state index in [1.807, 2.05) is 18.2 Å². The molecule has 0 bridgehead atoms. The molecular formula is C16H18N2O3. The highest BCUT2D eigenvalue weighted by atomic mass is 16.5. The van der Waals surface area contributed by atoms with E-state index >= 15 is 0 Å². The summed E-state index contributed by atoms with van der Waals surface area (Å²) in [6.45, 7) is 0.0916. The molecule has 0 fully saturated rings. The third kappa shape index (κ3) is 4.05. The van der Waals surface area contributed by atoms with Gasteiger partial charge in [-0.25, -0.2) is 0 Å². The summed E-state index contributed by atoms with van der Waals surface area (Å²) in [6, 6.07) is 14.4. The Morgan fingerprint density at radius 3 is 2.48 bits per heavy atom. The number of rotatable bonds is 6. The summed E-state index contributed by atoms with van der Waals surface area (Å²) >= 11 is 0. The maximum absolute atomic E-state index is 11.9. The average molecular weight is 286 g/mol. The van der Waals surface area contributed by atoms with Crippen LogP contribution in [0.3, 0.4) is 0 Å². The van der Waals surface area contributed by atoms with Gasteiger partial charge in [0.15, 0.2) is 6.61 Å². The molecule has 5 nitrogen and oxygen atoms in total. The molecule has 0 aliphatic heterocycles. The predicted octanol–water partition coefficient (Wildman–Crippen LogP) is 1.66. The van der Waals surface area contributed by atoms with Gasteiger partial charge < -0.3 is 20.9 Å². The number of aliphatic hydroxyl groups excluding tert-OH is 1. The number of para-hydroxylation sites is 2. The number of carbonyl (C=O) groups is 1. The minimum Gasteiger partial charge on any atom is -0.483 e. The molecule has 0 heterocycles. The molecule has 0 saturated heterocycles. The maximum atomic E-state index is 11.9. The van der Waals surface area contributed by atoms with Crippen LogP contribution in [0.1, 0.15) is 11.1 Å². The fourth-order valence-corrected chi connectivity index (χ4v) is 1.93. The normalized spacial score (nSPS) is 10.2. The van der Waals surface area contributed by atoms with Crippen molar-refractivity contribution in [3.63, 3.8) is 0 Å². The van der Waals surface area contributed by atoms with E-state index in [9.17, 15) is 9.90 Å². The van der Waals surface area contributed by atoms with Gasteiger partial charge in [0.1, 0.15) is 5.75 Å². The van der Waals surface area contributed by atoms with Crippen LogP contribution in [0.25, 0.3) is 0 Å². The van der Waals surface area contributed by atoms with Gasteiger partial charge >= 0.3 is 0 Å². The van der Waals surface area contributed by atoms with Crippen LogP contribution < -0.4 is 15.8 Å². The number of ether oxygens (including phenoxy) is 1. The molecule has 2 aromatic rings. The van der Waals surface area contributed by atoms with Gasteiger partial charge in [-0.1, -0.05) is 36.4 Å². The van der Waals surface area contributed by atoms with Crippen LogP contribution in [0.5, 0.6) is 5.75 Å². The van der Waals surface area contributed by atoms with Gasteiger partial charge in [0.05, 0.1) is 6.61 Å². The molecular weight excluding hydrogens is 268 g/mol. The van der Waals surface area contributed by atoms with Crippen molar-refractivity contribution in [2.75, 3.05) is 11.9 Å². The Hall–Kier alpha value is -2.37. The molecule has 2 aromatic carbocycles. The quantitative estimate of drug-likeness (QED) is 0.754. The highest BCUT2D eigenvalue weighted by Gasteiger charge is 2.08. The van der Waals surface area contributed by atoms with Crippen molar-refractivity contribution >= 4 is 11.6 Å². The van der Waals surface area contributed by atoms with Crippen LogP contribution in [-0.4, -0.2) is 17.6 Å². The van der Waals surface area contributed by atoms with Crippen LogP contribution in [0.2, 0.25) is 0 Å². The predicted molar refractivity (Wildman–Crippen MR) is 80.8 cm³/mol. The molecule has 4 N–H and O–H groups in total. The largest absolute Gasteiger partial charge is 0.483 e. The Labute approximate surface area is 123 Å². The van der Waals surface area contributed by atoms with E-state index in [-0.39, 0.29) is 19.1 Å². The number of carbonyl (C=O) groups excluding carboxylic acids is 1. The Morgan fingerprint density at radius 1 is 1.10 bits per heavy atom. The number of aliphatic hydroxyl groups is 1. The summed E-state index contributed by atoms with van der Waals surface area (Å²) in [4.78, 5) is 11.9. The lowest BCUT2D eigenvalue weighted by atomic mass is 10.2. The molecule has 5 heteroatoms. The molecule has 0 atom stereocenters. The first kappa shape index (κ1) is 15.0. The van der Waals surface area contributed by atoms with Crippen molar-refractivity contribution in [1.82, 2.24) is 0 Å². The van der Waals surface area contributed by atoms with Gasteiger partial charge in [-0.2, -0.15) is 0 Å². The molecule has 21 heavy (non-hydrogen) atoms. The highest BCUT2D eigenvalue weighted by molar-refractivity contribution is 5.92. The molecule has 110 valence electrons. The van der Waals surface area contributed by atoms with Gasteiger partial charge in [0.25, 0.3) is 5.91 Å². The van der Waals surface area contributed by atoms with E-state index in [0.717, 1.165) is 5.56 Å². The van der Waals surface area contributed by atoms with Crippen LogP contribution in [0.15, 0.2) is 48.5 Å². The van der Waals surface area contributed by atoms with Gasteiger partial charge in [-0.05, 0) is 17.7 Å². The zero-order chi connectivity index (χ0) is 15.1. The zero-order valence-electron chi connectivity index (χ0n) is 11.6. The summed E-state index contributed by atoms with van der Waals surface area (Å²) in [5.74, 6) is 0.228. The lowest BCUT2D eigenvalue weighted by Gasteiger charge is -2.12. The standard InChI is InChI=1S/C16H18N2O3/c17-9-12-5-1-3-7-14(12)18-16(20)11-21-15-8-4-2-6-13(15)10-19/h1-8,19H,9-11,17H2,(H,18,20). The number of benzene rings is 2. The third-order valence-corrected chi connectivity index (χ3v) is 3.01. The van der Waals surface area contributed by atoms with E-state index in [0.29, 0.717) is 23.5 Å². The van der Waals surface area contributed by atoms with E-state index < -0.39 is 0 Å². The summed E-state index contributed by atoms with van der Waals surface area (Å²) in [5.41, 5.74) is 7.81. The minimum absolute atomic E-state index is 0.129. The first-order valence-electron chi connectivity index (χ1n) is 6.64. The molecule has 0 aliphatic carbocycles. The second-order valence-corrected chi connectivity index (χ2v) is 4.46. The molecule has 1 amide bonds. The number of nitrogens with two attached hydrogens (primary N) is 1. The highest BCUT2D eigenvalue weighted by Crippen LogP contribution is 2.18. The lowest BCUT2D eigenvalue weighted by molar-refractivity contribution is -0.118. The SMILES string of the molecule is NCc1ccccc1NC(=O)COc1ccccc1CO. The van der Waals surface area contributed by atoms with Gasteiger partial charge in [0, 0.05) is 17.8 Å². The van der Waals surface area contributed by atoms with E-state index in [2.05, 4.69) is 5.32 Å². The molecule has 0 saturated carbocycles. The number of nitrogens with one attached hydrogen (secondary N) is 1. The van der Waals surface area contributed by atoms with Gasteiger partial charge in [-0.15, -0.1) is 0 Å². The fraction of sp³-hybridized carbons (Fsp3) is 0.188. The van der Waals surface area contributed by atoms with Crippen molar-refractivity contribution < 1.29 is 14.6 Å². The topological polar surface area (TPSA) is 84.6 Å². The first-order valence-corrected chi connectivity index (χ1v) is 6.64. The molecule has 2 rings (SSSR count). The second kappa shape index (κ2) is 7.42. The number of amides is 1. The van der Waals surface area contributed by atoms with Crippen molar-refractivity contribution in [3.8, 4) is 5.75 Å². The fourth-order valence-electron chi connectivity index (χ4n) is 1.93. The minimum atomic E-state index is -0.274. The molecule has 0 aromatic heterocycles. The number of anilines is 1. The summed E-state index contributed by atoms with van der Waals surface area (Å²) < 4.78 is 5.43. The molecule has 0 aliphatic rings. The van der Waals surface area contributed by atoms with E-state index in [1.54, 1.807) is 30.3 Å². The average Bonchev–Trinajstić information content (AvgIpc) is 2.53. The number of hydrogen-bond acceptors (Lipinski definition) is 4. The van der Waals surface area contributed by atoms with Crippen LogP contribution >= 0.6 is 0 Å². The summed E-state index contributed by atoms with van der Waals surface area (Å²) in [7, 11) is 0. The zero-order valence-corrected chi connectivity index (χ0v) is 11.6. The van der Waals surface area contributed by atoms with Crippen molar-refractivity contribution in [2.24, 2.45) is 5.73 Å². The molecule has 0 radical (unpaired) electrons. The van der Waals surface area contributed by atoms with Gasteiger partial charge in [0.2, 0.25) is 0 Å². The Morgan fingerprint density at radius 2 is 1.76 bits per heavy atom. The third-order valence-electron chi connectivity index (χ3n) is 3.01. The lowest BCUT2D eigenvalue weighted by Crippen LogP contribution is -2.21. The van der Waals surface area contributed by atoms with Crippen LogP contribution in [0.4, 0.5) is 5.69 Å². The number of hydrogen-bond donors (Lipinski definition) is 3. The molecule has 0 unspecified atom stereocenters. The maximum Gasteiger partial charge on any atom is 0.262 e. The second-order valence-electron chi connectivity index (χ2n) is 4.46. The van der Waals surface area contributed by atoms with Crippen molar-refractivity contribution in [3.05, 3.63) is 59.7 Å². The Bertz CT molecular complexity index is 614. The van der Waals surface area contributed by atoms with Crippen LogP contribution in [-0.2, 0) is 17.9 Å². The monoisotopic (exact) mass is 286 g/mol.